The summed E-state index contributed by atoms with van der Waals surface area (Å²) in [5.41, 5.74) is 3.31. The molecule has 30 heavy (non-hydrogen) atoms. The van der Waals surface area contributed by atoms with Crippen molar-refractivity contribution in [2.75, 3.05) is 37.2 Å². The van der Waals surface area contributed by atoms with Gasteiger partial charge in [-0.25, -0.2) is 8.42 Å². The third-order valence-corrected chi connectivity index (χ3v) is 6.76. The Morgan fingerprint density at radius 3 is 2.43 bits per heavy atom. The zero-order valence-corrected chi connectivity index (χ0v) is 19.1. The molecule has 0 aromatic heterocycles. The van der Waals surface area contributed by atoms with Gasteiger partial charge in [0.05, 0.1) is 12.9 Å². The van der Waals surface area contributed by atoms with E-state index in [1.165, 1.54) is 23.8 Å². The van der Waals surface area contributed by atoms with Gasteiger partial charge in [-0.3, -0.25) is 4.72 Å². The van der Waals surface area contributed by atoms with Crippen LogP contribution in [0.5, 0.6) is 5.75 Å². The molecule has 1 saturated heterocycles. The molecular weight excluding hydrogens is 420 g/mol. The van der Waals surface area contributed by atoms with Gasteiger partial charge in [-0.1, -0.05) is 30.3 Å². The molecule has 164 valence electrons. The second kappa shape index (κ2) is 10.0. The van der Waals surface area contributed by atoms with Crippen LogP contribution >= 0.6 is 12.4 Å². The van der Waals surface area contributed by atoms with Crippen LogP contribution in [0.3, 0.4) is 0 Å². The topological polar surface area (TPSA) is 58.6 Å². The molecule has 1 atom stereocenters. The minimum absolute atomic E-state index is 0. The molecule has 0 saturated carbocycles. The van der Waals surface area contributed by atoms with Crippen molar-refractivity contribution in [1.82, 2.24) is 4.90 Å². The molecule has 4 rings (SSSR count). The summed E-state index contributed by atoms with van der Waals surface area (Å²) in [6.07, 6.45) is 5.79. The Kier molecular flexibility index (Phi) is 7.66. The lowest BCUT2D eigenvalue weighted by molar-refractivity contribution is 0.195. The van der Waals surface area contributed by atoms with Crippen LogP contribution in [0.4, 0.5) is 5.69 Å². The van der Waals surface area contributed by atoms with Crippen LogP contribution in [0, 0.1) is 0 Å². The fraction of sp³-hybridized carbons (Fsp3) is 0.478. The number of nitrogens with one attached hydrogen (secondary N) is 1. The van der Waals surface area contributed by atoms with Crippen molar-refractivity contribution in [2.24, 2.45) is 0 Å². The van der Waals surface area contributed by atoms with E-state index in [2.05, 4.69) is 46.0 Å². The molecule has 0 radical (unpaired) electrons. The fourth-order valence-electron chi connectivity index (χ4n) is 4.58. The lowest BCUT2D eigenvalue weighted by Crippen LogP contribution is -2.34. The number of benzene rings is 2. The smallest absolute Gasteiger partial charge is 0.229 e. The maximum Gasteiger partial charge on any atom is 0.229 e. The first kappa shape index (κ1) is 22.9. The minimum atomic E-state index is -3.22. The monoisotopic (exact) mass is 450 g/mol. The molecule has 2 aromatic rings. The number of sulfonamides is 1. The number of piperidine rings is 1. The molecular formula is C23H31ClN2O3S. The van der Waals surface area contributed by atoms with E-state index < -0.39 is 10.0 Å². The van der Waals surface area contributed by atoms with E-state index in [9.17, 15) is 8.42 Å². The number of ether oxygens (including phenoxy) is 1. The van der Waals surface area contributed by atoms with E-state index in [4.69, 9.17) is 4.74 Å². The second-order valence-corrected chi connectivity index (χ2v) is 10.0. The summed E-state index contributed by atoms with van der Waals surface area (Å²) in [7, 11) is -3.22. The molecule has 7 heteroatoms. The molecule has 0 bridgehead atoms. The lowest BCUT2D eigenvalue weighted by Gasteiger charge is -2.34. The quantitative estimate of drug-likeness (QED) is 0.697. The normalized spacial score (nSPS) is 20.0. The third kappa shape index (κ3) is 5.90. The molecule has 1 N–H and O–H groups in total. The van der Waals surface area contributed by atoms with Gasteiger partial charge in [0.2, 0.25) is 10.0 Å². The van der Waals surface area contributed by atoms with Gasteiger partial charge in [-0.05, 0) is 86.5 Å². The first-order valence-electron chi connectivity index (χ1n) is 10.5. The first-order valence-corrected chi connectivity index (χ1v) is 12.4. The zero-order valence-electron chi connectivity index (χ0n) is 17.4. The summed E-state index contributed by atoms with van der Waals surface area (Å²) in [6.45, 7) is 4.22. The summed E-state index contributed by atoms with van der Waals surface area (Å²) in [6, 6.07) is 16.3. The van der Waals surface area contributed by atoms with Gasteiger partial charge >= 0.3 is 0 Å². The summed E-state index contributed by atoms with van der Waals surface area (Å²) in [5, 5.41) is 0. The van der Waals surface area contributed by atoms with Crippen LogP contribution in [0.2, 0.25) is 0 Å². The van der Waals surface area contributed by atoms with E-state index in [0.29, 0.717) is 17.5 Å². The van der Waals surface area contributed by atoms with E-state index in [-0.39, 0.29) is 12.4 Å². The molecule has 0 amide bonds. The number of hydrogen-bond donors (Lipinski definition) is 1. The van der Waals surface area contributed by atoms with Gasteiger partial charge in [-0.15, -0.1) is 12.4 Å². The fourth-order valence-corrected chi connectivity index (χ4v) is 5.15. The van der Waals surface area contributed by atoms with Crippen LogP contribution in [0.15, 0.2) is 48.5 Å². The van der Waals surface area contributed by atoms with Crippen LogP contribution in [-0.2, 0) is 10.0 Å². The molecule has 1 fully saturated rings. The summed E-state index contributed by atoms with van der Waals surface area (Å²) in [4.78, 5) is 2.59. The molecule has 5 nitrogen and oxygen atoms in total. The van der Waals surface area contributed by atoms with Crippen LogP contribution < -0.4 is 9.46 Å². The number of fused-ring (bicyclic) bond motifs is 1. The van der Waals surface area contributed by atoms with Gasteiger partial charge in [0.1, 0.15) is 5.75 Å². The number of likely N-dealkylation sites (tertiary alicyclic amines) is 1. The number of rotatable bonds is 6. The van der Waals surface area contributed by atoms with Crippen molar-refractivity contribution < 1.29 is 13.2 Å². The summed E-state index contributed by atoms with van der Waals surface area (Å²) >= 11 is 0. The molecule has 2 aromatic carbocycles. The van der Waals surface area contributed by atoms with Crippen molar-refractivity contribution in [2.45, 2.75) is 37.5 Å². The highest BCUT2D eigenvalue weighted by molar-refractivity contribution is 7.92. The van der Waals surface area contributed by atoms with Gasteiger partial charge in [0.25, 0.3) is 0 Å². The number of hydrogen-bond acceptors (Lipinski definition) is 4. The molecule has 2 heterocycles. The molecule has 0 spiro atoms. The minimum Gasteiger partial charge on any atom is -0.493 e. The Morgan fingerprint density at radius 1 is 1.03 bits per heavy atom. The standard InChI is InChI=1S/C23H30N2O3S.ClH/c1-29(26,27)24-21-8-6-18(7-9-21)19-10-14-25(15-11-19)16-12-20-13-17-28-23-5-3-2-4-22(20)23;/h2-9,19-20,24H,10-17H2,1H3;1H. The third-order valence-electron chi connectivity index (χ3n) is 6.15. The lowest BCUT2D eigenvalue weighted by atomic mass is 9.88. The van der Waals surface area contributed by atoms with Crippen molar-refractivity contribution in [3.8, 4) is 5.75 Å². The Labute approximate surface area is 186 Å². The first-order chi connectivity index (χ1) is 14.0. The average Bonchev–Trinajstić information content (AvgIpc) is 2.72. The van der Waals surface area contributed by atoms with E-state index >= 15 is 0 Å². The summed E-state index contributed by atoms with van der Waals surface area (Å²) in [5.74, 6) is 2.23. The van der Waals surface area contributed by atoms with Crippen LogP contribution in [0.1, 0.15) is 48.6 Å². The summed E-state index contributed by atoms with van der Waals surface area (Å²) < 4.78 is 31.0. The van der Waals surface area contributed by atoms with Crippen molar-refractivity contribution in [3.05, 3.63) is 59.7 Å². The molecule has 2 aliphatic heterocycles. The Morgan fingerprint density at radius 2 is 1.73 bits per heavy atom. The Bertz CT molecular complexity index is 926. The predicted octanol–water partition coefficient (Wildman–Crippen LogP) is 4.62. The average molecular weight is 451 g/mol. The predicted molar refractivity (Wildman–Crippen MR) is 124 cm³/mol. The highest BCUT2D eigenvalue weighted by Gasteiger charge is 2.24. The molecule has 2 aliphatic rings. The van der Waals surface area contributed by atoms with E-state index in [1.807, 2.05) is 12.1 Å². The second-order valence-electron chi connectivity index (χ2n) is 8.27. The number of para-hydroxylation sites is 1. The SMILES string of the molecule is CS(=O)(=O)Nc1ccc(C2CCN(CCC3CCOc4ccccc43)CC2)cc1.Cl. The Balaban J connectivity index is 0.00000256. The van der Waals surface area contributed by atoms with Crippen molar-refractivity contribution >= 4 is 28.1 Å². The Hall–Kier alpha value is -1.76. The highest BCUT2D eigenvalue weighted by atomic mass is 35.5. The maximum atomic E-state index is 11.3. The largest absolute Gasteiger partial charge is 0.493 e. The van der Waals surface area contributed by atoms with Crippen molar-refractivity contribution in [1.29, 1.82) is 0 Å². The van der Waals surface area contributed by atoms with Crippen LogP contribution in [-0.4, -0.2) is 45.8 Å². The number of nitrogens with zero attached hydrogens (tertiary/aromatic N) is 1. The van der Waals surface area contributed by atoms with Crippen molar-refractivity contribution in [3.63, 3.8) is 0 Å². The maximum absolute atomic E-state index is 11.3. The van der Waals surface area contributed by atoms with E-state index in [0.717, 1.165) is 51.3 Å². The zero-order chi connectivity index (χ0) is 20.3. The van der Waals surface area contributed by atoms with Gasteiger partial charge < -0.3 is 9.64 Å². The van der Waals surface area contributed by atoms with Gasteiger partial charge in [-0.2, -0.15) is 0 Å². The molecule has 1 unspecified atom stereocenters. The number of halogens is 1. The van der Waals surface area contributed by atoms with Gasteiger partial charge in [0.15, 0.2) is 0 Å². The highest BCUT2D eigenvalue weighted by Crippen LogP contribution is 2.36. The van der Waals surface area contributed by atoms with E-state index in [1.54, 1.807) is 0 Å². The van der Waals surface area contributed by atoms with Gasteiger partial charge in [0, 0.05) is 5.69 Å². The number of anilines is 1. The molecule has 0 aliphatic carbocycles. The van der Waals surface area contributed by atoms with Crippen LogP contribution in [0.25, 0.3) is 0 Å².